The van der Waals surface area contributed by atoms with Gasteiger partial charge in [-0.15, -0.1) is 0 Å². The molecule has 0 fully saturated rings. The Morgan fingerprint density at radius 3 is 2.38 bits per heavy atom. The number of carbonyl (C=O) groups excluding carboxylic acids is 1. The number of ether oxygens (including phenoxy) is 2. The van der Waals surface area contributed by atoms with Gasteiger partial charge in [-0.3, -0.25) is 0 Å². The van der Waals surface area contributed by atoms with Crippen LogP contribution in [0.3, 0.4) is 0 Å². The quantitative estimate of drug-likeness (QED) is 0.311. The van der Waals surface area contributed by atoms with Crippen molar-refractivity contribution in [2.24, 2.45) is 0 Å². The van der Waals surface area contributed by atoms with Crippen LogP contribution in [0, 0.1) is 3.57 Å². The van der Waals surface area contributed by atoms with Gasteiger partial charge in [0.1, 0.15) is 12.3 Å². The normalized spacial score (nSPS) is 12.0. The van der Waals surface area contributed by atoms with E-state index in [1.54, 1.807) is 11.7 Å². The van der Waals surface area contributed by atoms with Crippen molar-refractivity contribution in [3.63, 3.8) is 0 Å². The number of hydrogen-bond donors (Lipinski definition) is 0. The summed E-state index contributed by atoms with van der Waals surface area (Å²) in [4.78, 5) is 13.3. The fourth-order valence-corrected chi connectivity index (χ4v) is 4.57. The standard InChI is InChI=1S/C23H23IN2O3/c1-23(2,3)29-22(27)26-18-12-8-6-10-16(18)20(24)21(26)19-13-15-9-5-7-11-17(15)25(19)14-28-4/h5-13H,14H2,1-4H3. The molecule has 0 atom stereocenters. The predicted molar refractivity (Wildman–Crippen MR) is 124 cm³/mol. The first-order valence-corrected chi connectivity index (χ1v) is 10.5. The minimum atomic E-state index is -0.593. The summed E-state index contributed by atoms with van der Waals surface area (Å²) in [7, 11) is 1.67. The summed E-state index contributed by atoms with van der Waals surface area (Å²) in [6, 6.07) is 18.2. The molecule has 0 unspecified atom stereocenters. The van der Waals surface area contributed by atoms with Gasteiger partial charge in [0, 0.05) is 21.5 Å². The summed E-state index contributed by atoms with van der Waals surface area (Å²) in [6.07, 6.45) is -0.388. The highest BCUT2D eigenvalue weighted by Crippen LogP contribution is 2.38. The molecule has 5 nitrogen and oxygen atoms in total. The molecule has 0 aliphatic carbocycles. The van der Waals surface area contributed by atoms with Gasteiger partial charge in [-0.05, 0) is 61.6 Å². The molecule has 0 bridgehead atoms. The van der Waals surface area contributed by atoms with Gasteiger partial charge in [0.2, 0.25) is 0 Å². The first-order chi connectivity index (χ1) is 13.8. The third-order valence-electron chi connectivity index (χ3n) is 4.70. The van der Waals surface area contributed by atoms with E-state index in [9.17, 15) is 4.79 Å². The van der Waals surface area contributed by atoms with Gasteiger partial charge in [-0.2, -0.15) is 0 Å². The monoisotopic (exact) mass is 502 g/mol. The second-order valence-electron chi connectivity index (χ2n) is 7.93. The van der Waals surface area contributed by atoms with E-state index in [-0.39, 0.29) is 6.09 Å². The highest BCUT2D eigenvalue weighted by atomic mass is 127. The molecule has 0 spiro atoms. The second-order valence-corrected chi connectivity index (χ2v) is 9.01. The number of hydrogen-bond acceptors (Lipinski definition) is 3. The van der Waals surface area contributed by atoms with Gasteiger partial charge < -0.3 is 14.0 Å². The Balaban J connectivity index is 2.05. The van der Waals surface area contributed by atoms with Crippen LogP contribution in [0.2, 0.25) is 0 Å². The highest BCUT2D eigenvalue weighted by Gasteiger charge is 2.27. The summed E-state index contributed by atoms with van der Waals surface area (Å²) in [5.41, 5.74) is 3.02. The molecule has 0 N–H and O–H groups in total. The van der Waals surface area contributed by atoms with E-state index in [1.807, 2.05) is 57.2 Å². The fourth-order valence-electron chi connectivity index (χ4n) is 3.60. The van der Waals surface area contributed by atoms with Crippen LogP contribution in [0.4, 0.5) is 4.79 Å². The number of benzene rings is 2. The molecule has 150 valence electrons. The van der Waals surface area contributed by atoms with Gasteiger partial charge in [0.05, 0.1) is 22.4 Å². The molecule has 0 amide bonds. The molecule has 4 aromatic rings. The number of halogens is 1. The molecule has 29 heavy (non-hydrogen) atoms. The molecule has 2 aromatic heterocycles. The zero-order valence-corrected chi connectivity index (χ0v) is 19.1. The maximum atomic E-state index is 13.3. The summed E-state index contributed by atoms with van der Waals surface area (Å²) >= 11 is 2.32. The van der Waals surface area contributed by atoms with Crippen LogP contribution < -0.4 is 0 Å². The lowest BCUT2D eigenvalue weighted by molar-refractivity contribution is 0.0546. The Morgan fingerprint density at radius 2 is 1.69 bits per heavy atom. The molecule has 2 heterocycles. The van der Waals surface area contributed by atoms with Gasteiger partial charge in [-0.25, -0.2) is 9.36 Å². The molecule has 6 heteroatoms. The molecule has 0 aliphatic rings. The van der Waals surface area contributed by atoms with Crippen molar-refractivity contribution in [1.82, 2.24) is 9.13 Å². The maximum Gasteiger partial charge on any atom is 0.419 e. The number of aromatic nitrogens is 2. The largest absolute Gasteiger partial charge is 0.443 e. The van der Waals surface area contributed by atoms with Crippen molar-refractivity contribution in [3.8, 4) is 11.4 Å². The topological polar surface area (TPSA) is 45.4 Å². The van der Waals surface area contributed by atoms with E-state index < -0.39 is 5.60 Å². The van der Waals surface area contributed by atoms with E-state index in [0.29, 0.717) is 6.73 Å². The van der Waals surface area contributed by atoms with Crippen molar-refractivity contribution >= 4 is 50.5 Å². The van der Waals surface area contributed by atoms with Gasteiger partial charge in [-0.1, -0.05) is 36.4 Å². The van der Waals surface area contributed by atoms with Crippen LogP contribution in [0.15, 0.2) is 54.6 Å². The number of para-hydroxylation sites is 2. The lowest BCUT2D eigenvalue weighted by Gasteiger charge is -2.21. The second kappa shape index (κ2) is 7.50. The Bertz CT molecular complexity index is 1210. The zero-order valence-electron chi connectivity index (χ0n) is 16.9. The Labute approximate surface area is 183 Å². The van der Waals surface area contributed by atoms with Gasteiger partial charge in [0.15, 0.2) is 0 Å². The SMILES string of the molecule is COCn1c(-c2c(I)c3ccccc3n2C(=O)OC(C)(C)C)cc2ccccc21. The van der Waals surface area contributed by atoms with Gasteiger partial charge in [0.25, 0.3) is 0 Å². The number of carbonyl (C=O) groups is 1. The number of fused-ring (bicyclic) bond motifs is 2. The molecule has 0 radical (unpaired) electrons. The molecular formula is C23H23IN2O3. The summed E-state index contributed by atoms with van der Waals surface area (Å²) < 4.78 is 16.0. The lowest BCUT2D eigenvalue weighted by Crippen LogP contribution is -2.27. The molecule has 2 aromatic carbocycles. The van der Waals surface area contributed by atoms with E-state index in [1.165, 1.54) is 0 Å². The third kappa shape index (κ3) is 3.55. The van der Waals surface area contributed by atoms with Crippen LogP contribution in [0.1, 0.15) is 20.8 Å². The van der Waals surface area contributed by atoms with Crippen LogP contribution >= 0.6 is 22.6 Å². The third-order valence-corrected chi connectivity index (χ3v) is 5.79. The maximum absolute atomic E-state index is 13.3. The molecule has 0 saturated heterocycles. The van der Waals surface area contributed by atoms with Gasteiger partial charge >= 0.3 is 6.09 Å². The first-order valence-electron chi connectivity index (χ1n) is 9.41. The summed E-state index contributed by atoms with van der Waals surface area (Å²) in [5, 5.41) is 2.11. The fraction of sp³-hybridized carbons (Fsp3) is 0.261. The van der Waals surface area contributed by atoms with Crippen LogP contribution in [0.25, 0.3) is 33.2 Å². The van der Waals surface area contributed by atoms with Crippen molar-refractivity contribution in [1.29, 1.82) is 0 Å². The average molecular weight is 502 g/mol. The molecular weight excluding hydrogens is 479 g/mol. The van der Waals surface area contributed by atoms with Crippen molar-refractivity contribution in [2.45, 2.75) is 33.1 Å². The Hall–Kier alpha value is -2.32. The van der Waals surface area contributed by atoms with Crippen LogP contribution in [0.5, 0.6) is 0 Å². The number of methoxy groups -OCH3 is 1. The van der Waals surface area contributed by atoms with Crippen LogP contribution in [-0.4, -0.2) is 27.9 Å². The predicted octanol–water partition coefficient (Wildman–Crippen LogP) is 6.25. The van der Waals surface area contributed by atoms with Crippen molar-refractivity contribution in [3.05, 3.63) is 58.2 Å². The minimum absolute atomic E-state index is 0.384. The average Bonchev–Trinajstić information content (AvgIpc) is 3.17. The molecule has 4 rings (SSSR count). The van der Waals surface area contributed by atoms with Crippen molar-refractivity contribution in [2.75, 3.05) is 7.11 Å². The number of nitrogens with zero attached hydrogens (tertiary/aromatic N) is 2. The van der Waals surface area contributed by atoms with E-state index in [4.69, 9.17) is 9.47 Å². The summed E-state index contributed by atoms with van der Waals surface area (Å²) in [5.74, 6) is 0. The zero-order chi connectivity index (χ0) is 20.8. The number of rotatable bonds is 3. The summed E-state index contributed by atoms with van der Waals surface area (Å²) in [6.45, 7) is 6.02. The van der Waals surface area contributed by atoms with E-state index in [0.717, 1.165) is 36.8 Å². The Kier molecular flexibility index (Phi) is 5.16. The van der Waals surface area contributed by atoms with Crippen molar-refractivity contribution < 1.29 is 14.3 Å². The Morgan fingerprint density at radius 1 is 1.03 bits per heavy atom. The first kappa shape index (κ1) is 20.0. The smallest absolute Gasteiger partial charge is 0.419 e. The van der Waals surface area contributed by atoms with E-state index >= 15 is 0 Å². The molecule has 0 aliphatic heterocycles. The van der Waals surface area contributed by atoms with Crippen LogP contribution in [-0.2, 0) is 16.2 Å². The highest BCUT2D eigenvalue weighted by molar-refractivity contribution is 14.1. The molecule has 0 saturated carbocycles. The minimum Gasteiger partial charge on any atom is -0.443 e. The lowest BCUT2D eigenvalue weighted by atomic mass is 10.2. The van der Waals surface area contributed by atoms with E-state index in [2.05, 4.69) is 45.4 Å².